The van der Waals surface area contributed by atoms with Crippen LogP contribution in [-0.4, -0.2) is 64.4 Å². The van der Waals surface area contributed by atoms with E-state index in [9.17, 15) is 0 Å². The summed E-state index contributed by atoms with van der Waals surface area (Å²) < 4.78 is 1.21. The largest absolute Gasteiger partial charge is 0.346 e. The van der Waals surface area contributed by atoms with E-state index in [1.807, 2.05) is 4.90 Å². The molecule has 0 spiro atoms. The maximum absolute atomic E-state index is 2.68. The Morgan fingerprint density at radius 1 is 0.700 bits per heavy atom. The minimum absolute atomic E-state index is 0.355. The first-order valence-corrected chi connectivity index (χ1v) is 17.6. The Balaban J connectivity index is 1.68. The summed E-state index contributed by atoms with van der Waals surface area (Å²) in [6, 6.07) is 0. The molecule has 7 unspecified atom stereocenters. The number of nitrogens with zero attached hydrogens (tertiary/aromatic N) is 1. The van der Waals surface area contributed by atoms with Gasteiger partial charge >= 0.3 is 0 Å². The van der Waals surface area contributed by atoms with Crippen LogP contribution in [0.15, 0.2) is 0 Å². The highest BCUT2D eigenvalue weighted by Crippen LogP contribution is 2.53. The normalized spacial score (nSPS) is 33.8. The van der Waals surface area contributed by atoms with Gasteiger partial charge in [0.05, 0.1) is 59.9 Å². The van der Waals surface area contributed by atoms with Crippen molar-refractivity contribution in [1.29, 1.82) is 0 Å². The fraction of sp³-hybridized carbons (Fsp3) is 1.00. The number of rotatable bonds is 12. The molecule has 236 valence electrons. The minimum Gasteiger partial charge on any atom is -0.346 e. The molecule has 0 aromatic carbocycles. The van der Waals surface area contributed by atoms with Gasteiger partial charge in [-0.25, -0.2) is 0 Å². The van der Waals surface area contributed by atoms with Crippen molar-refractivity contribution in [3.8, 4) is 0 Å². The van der Waals surface area contributed by atoms with E-state index in [1.54, 1.807) is 0 Å². The molecule has 40 heavy (non-hydrogen) atoms. The summed E-state index contributed by atoms with van der Waals surface area (Å²) in [7, 11) is 4.96. The molecule has 0 radical (unpaired) electrons. The lowest BCUT2D eigenvalue weighted by atomic mass is 9.57. The van der Waals surface area contributed by atoms with Gasteiger partial charge < -0.3 is 14.7 Å². The lowest BCUT2D eigenvalue weighted by Crippen LogP contribution is -3.11. The van der Waals surface area contributed by atoms with Gasteiger partial charge in [0, 0.05) is 41.4 Å². The molecule has 0 bridgehead atoms. The molecule has 3 heteroatoms. The maximum Gasteiger partial charge on any atom is 0.0816 e. The van der Waals surface area contributed by atoms with E-state index in [2.05, 4.69) is 102 Å². The highest BCUT2D eigenvalue weighted by Gasteiger charge is 2.51. The molecular weight excluding hydrogens is 486 g/mol. The first-order chi connectivity index (χ1) is 18.1. The SMILES string of the molecule is CCC1C[NH+](CC(C)C)CC1CC(C)(C)C1C[NH2+]CC1CC(C)(C)C(C)(C)CC1C[N+](C)(C)CC1CC(C)(C)C. The van der Waals surface area contributed by atoms with Crippen molar-refractivity contribution in [3.63, 3.8) is 0 Å². The lowest BCUT2D eigenvalue weighted by Gasteiger charge is -2.47. The Morgan fingerprint density at radius 2 is 1.23 bits per heavy atom. The first kappa shape index (κ1) is 34.4. The predicted octanol–water partition coefficient (Wildman–Crippen LogP) is 6.00. The van der Waals surface area contributed by atoms with Crippen LogP contribution in [0.25, 0.3) is 0 Å². The van der Waals surface area contributed by atoms with Crippen molar-refractivity contribution in [2.24, 2.45) is 63.1 Å². The van der Waals surface area contributed by atoms with Crippen LogP contribution >= 0.6 is 0 Å². The van der Waals surface area contributed by atoms with Gasteiger partial charge in [-0.15, -0.1) is 0 Å². The van der Waals surface area contributed by atoms with Crippen molar-refractivity contribution in [3.05, 3.63) is 0 Å². The number of nitrogens with one attached hydrogen (secondary N) is 1. The summed E-state index contributed by atoms with van der Waals surface area (Å²) in [6.07, 6.45) is 6.97. The molecule has 3 aliphatic rings. The third kappa shape index (κ3) is 8.72. The topological polar surface area (TPSA) is 21.1 Å². The van der Waals surface area contributed by atoms with Crippen LogP contribution in [0.2, 0.25) is 0 Å². The van der Waals surface area contributed by atoms with Crippen molar-refractivity contribution >= 4 is 0 Å². The Hall–Kier alpha value is -0.120. The van der Waals surface area contributed by atoms with Gasteiger partial charge in [0.25, 0.3) is 0 Å². The zero-order valence-electron chi connectivity index (χ0n) is 30.1. The number of likely N-dealkylation sites (tertiary alicyclic amines) is 2. The third-order valence-electron chi connectivity index (χ3n) is 12.6. The van der Waals surface area contributed by atoms with Crippen LogP contribution in [-0.2, 0) is 0 Å². The molecule has 7 atom stereocenters. The molecule has 0 amide bonds. The average molecular weight is 563 g/mol. The fourth-order valence-corrected chi connectivity index (χ4v) is 10.2. The Morgan fingerprint density at radius 3 is 1.75 bits per heavy atom. The second-order valence-corrected chi connectivity index (χ2v) is 19.8. The summed E-state index contributed by atoms with van der Waals surface area (Å²) in [6.45, 7) is 40.1. The monoisotopic (exact) mass is 563 g/mol. The summed E-state index contributed by atoms with van der Waals surface area (Å²) in [5, 5.41) is 2.68. The van der Waals surface area contributed by atoms with E-state index in [0.29, 0.717) is 21.7 Å². The molecule has 0 aliphatic carbocycles. The van der Waals surface area contributed by atoms with Crippen LogP contribution in [0.5, 0.6) is 0 Å². The number of nitrogens with two attached hydrogens (primary N) is 1. The number of hydrogen-bond donors (Lipinski definition) is 2. The molecule has 3 saturated heterocycles. The average Bonchev–Trinajstić information content (AvgIpc) is 3.43. The van der Waals surface area contributed by atoms with Gasteiger partial charge in [-0.3, -0.25) is 0 Å². The van der Waals surface area contributed by atoms with Crippen LogP contribution < -0.4 is 10.2 Å². The first-order valence-electron chi connectivity index (χ1n) is 17.6. The van der Waals surface area contributed by atoms with Crippen molar-refractivity contribution in [1.82, 2.24) is 0 Å². The fourth-order valence-electron chi connectivity index (χ4n) is 10.2. The Bertz CT molecular complexity index is 801. The Kier molecular flexibility index (Phi) is 10.7. The second-order valence-electron chi connectivity index (χ2n) is 19.8. The summed E-state index contributed by atoms with van der Waals surface area (Å²) in [4.78, 5) is 1.89. The van der Waals surface area contributed by atoms with Crippen LogP contribution in [0.4, 0.5) is 0 Å². The van der Waals surface area contributed by atoms with E-state index < -0.39 is 0 Å². The molecule has 0 saturated carbocycles. The van der Waals surface area contributed by atoms with Gasteiger partial charge in [-0.1, -0.05) is 83.1 Å². The van der Waals surface area contributed by atoms with E-state index >= 15 is 0 Å². The Labute approximate surface area is 252 Å². The lowest BCUT2D eigenvalue weighted by molar-refractivity contribution is -0.893. The molecule has 3 aliphatic heterocycles. The van der Waals surface area contributed by atoms with Gasteiger partial charge in [0.1, 0.15) is 0 Å². The van der Waals surface area contributed by atoms with Crippen molar-refractivity contribution in [2.75, 3.05) is 59.9 Å². The van der Waals surface area contributed by atoms with Crippen LogP contribution in [0.1, 0.15) is 115 Å². The van der Waals surface area contributed by atoms with Gasteiger partial charge in [-0.2, -0.15) is 0 Å². The summed E-state index contributed by atoms with van der Waals surface area (Å²) in [5.41, 5.74) is 1.57. The van der Waals surface area contributed by atoms with E-state index in [0.717, 1.165) is 41.4 Å². The van der Waals surface area contributed by atoms with Crippen molar-refractivity contribution in [2.45, 2.75) is 115 Å². The highest BCUT2D eigenvalue weighted by atomic mass is 15.3. The molecule has 0 aromatic rings. The zero-order valence-corrected chi connectivity index (χ0v) is 30.1. The minimum atomic E-state index is 0.355. The van der Waals surface area contributed by atoms with Crippen LogP contribution in [0, 0.1) is 63.1 Å². The van der Waals surface area contributed by atoms with E-state index in [-0.39, 0.29) is 0 Å². The van der Waals surface area contributed by atoms with Crippen molar-refractivity contribution < 1.29 is 14.7 Å². The molecule has 3 nitrogen and oxygen atoms in total. The van der Waals surface area contributed by atoms with Gasteiger partial charge in [-0.05, 0) is 53.8 Å². The predicted molar refractivity (Wildman–Crippen MR) is 174 cm³/mol. The van der Waals surface area contributed by atoms with E-state index in [1.165, 1.54) is 82.4 Å². The molecule has 3 fully saturated rings. The third-order valence-corrected chi connectivity index (χ3v) is 12.6. The molecule has 3 N–H and O–H groups in total. The zero-order chi connectivity index (χ0) is 30.3. The summed E-state index contributed by atoms with van der Waals surface area (Å²) in [5.74, 6) is 6.10. The number of quaternary nitrogens is 3. The van der Waals surface area contributed by atoms with E-state index in [4.69, 9.17) is 0 Å². The molecule has 3 heterocycles. The maximum atomic E-state index is 2.68. The van der Waals surface area contributed by atoms with Crippen LogP contribution in [0.3, 0.4) is 0 Å². The second kappa shape index (κ2) is 12.5. The molecule has 3 rings (SSSR count). The molecule has 0 aromatic heterocycles. The quantitative estimate of drug-likeness (QED) is 0.272. The number of hydrogen-bond acceptors (Lipinski definition) is 0. The standard InChI is InChI=1S/C37H74N3/c1-15-28-23-39(22-27(2)3)24-30(28)17-35(7,8)33-21-38-20-29(33)18-36(9,10)37(11,12)19-32-26-40(13,14)25-31(32)16-34(4,5)6/h27-33,38H,15-26H2,1-14H3/q+1/p+2. The van der Waals surface area contributed by atoms with Gasteiger partial charge in [0.2, 0.25) is 0 Å². The summed E-state index contributed by atoms with van der Waals surface area (Å²) >= 11 is 0. The van der Waals surface area contributed by atoms with Gasteiger partial charge in [0.15, 0.2) is 0 Å². The molecular formula is C37H76N3+3. The highest BCUT2D eigenvalue weighted by molar-refractivity contribution is 4.96. The smallest absolute Gasteiger partial charge is 0.0816 e.